The number of nitrogens with one attached hydrogen (secondary N) is 3. The standard InChI is InChI=1S/C27H37N5O8/c28-12-2-1-3-21(30-24(36)20(29)13-16-4-8-18(34)9-5-16)25(37)31-22(14-17-6-10-19(35)11-7-17)26(38)32-23(15-33)27(39)40/h4-11,20-23,33-35H,1-3,12-15,28-29H2,(H,30,36)(H,31,37)(H,32,38)(H,39,40). The molecular weight excluding hydrogens is 522 g/mol. The molecule has 0 saturated carbocycles. The molecule has 40 heavy (non-hydrogen) atoms. The van der Waals surface area contributed by atoms with Gasteiger partial charge in [-0.25, -0.2) is 4.79 Å². The molecule has 13 heteroatoms. The van der Waals surface area contributed by atoms with Gasteiger partial charge in [0.1, 0.15) is 29.6 Å². The molecule has 2 aromatic carbocycles. The molecule has 2 aromatic rings. The van der Waals surface area contributed by atoms with Crippen LogP contribution in [-0.2, 0) is 32.0 Å². The van der Waals surface area contributed by atoms with E-state index in [9.17, 15) is 39.6 Å². The lowest BCUT2D eigenvalue weighted by Gasteiger charge is -2.25. The number of amides is 3. The molecule has 4 atom stereocenters. The number of carbonyl (C=O) groups excluding carboxylic acids is 3. The van der Waals surface area contributed by atoms with E-state index in [-0.39, 0.29) is 30.8 Å². The highest BCUT2D eigenvalue weighted by Crippen LogP contribution is 2.13. The Morgan fingerprint density at radius 3 is 1.68 bits per heavy atom. The summed E-state index contributed by atoms with van der Waals surface area (Å²) >= 11 is 0. The molecule has 0 spiro atoms. The highest BCUT2D eigenvalue weighted by molar-refractivity contribution is 5.94. The van der Waals surface area contributed by atoms with Crippen LogP contribution in [0.4, 0.5) is 0 Å². The number of aromatic hydroxyl groups is 2. The zero-order chi connectivity index (χ0) is 29.7. The molecule has 2 rings (SSSR count). The van der Waals surface area contributed by atoms with Crippen molar-refractivity contribution in [2.75, 3.05) is 13.2 Å². The van der Waals surface area contributed by atoms with E-state index in [0.717, 1.165) is 0 Å². The van der Waals surface area contributed by atoms with Crippen molar-refractivity contribution < 1.29 is 39.6 Å². The number of carboxylic acids is 1. The Kier molecular flexibility index (Phi) is 12.8. The summed E-state index contributed by atoms with van der Waals surface area (Å²) in [7, 11) is 0. The Bertz CT molecular complexity index is 1130. The van der Waals surface area contributed by atoms with Crippen molar-refractivity contribution in [1.82, 2.24) is 16.0 Å². The Morgan fingerprint density at radius 2 is 1.18 bits per heavy atom. The van der Waals surface area contributed by atoms with Gasteiger partial charge in [0.15, 0.2) is 0 Å². The van der Waals surface area contributed by atoms with E-state index in [1.54, 1.807) is 12.1 Å². The van der Waals surface area contributed by atoms with Crippen molar-refractivity contribution in [3.05, 3.63) is 59.7 Å². The summed E-state index contributed by atoms with van der Waals surface area (Å²) in [6.45, 7) is -0.496. The monoisotopic (exact) mass is 559 g/mol. The molecule has 4 unspecified atom stereocenters. The topological polar surface area (TPSA) is 237 Å². The third-order valence-electron chi connectivity index (χ3n) is 6.11. The summed E-state index contributed by atoms with van der Waals surface area (Å²) in [6.07, 6.45) is 1.34. The third-order valence-corrected chi connectivity index (χ3v) is 6.11. The van der Waals surface area contributed by atoms with Gasteiger partial charge in [0.05, 0.1) is 12.6 Å². The van der Waals surface area contributed by atoms with Crippen molar-refractivity contribution in [2.45, 2.75) is 56.3 Å². The summed E-state index contributed by atoms with van der Waals surface area (Å²) in [5.74, 6) is -3.56. The third kappa shape index (κ3) is 10.5. The summed E-state index contributed by atoms with van der Waals surface area (Å²) in [4.78, 5) is 50.5. The van der Waals surface area contributed by atoms with Gasteiger partial charge in [-0.1, -0.05) is 24.3 Å². The Labute approximate surface area is 231 Å². The second-order valence-electron chi connectivity index (χ2n) is 9.34. The van der Waals surface area contributed by atoms with Crippen molar-refractivity contribution in [1.29, 1.82) is 0 Å². The lowest BCUT2D eigenvalue weighted by atomic mass is 10.0. The number of phenols is 2. The summed E-state index contributed by atoms with van der Waals surface area (Å²) in [5.41, 5.74) is 12.9. The fourth-order valence-corrected chi connectivity index (χ4v) is 3.83. The molecule has 218 valence electrons. The molecular formula is C27H37N5O8. The van der Waals surface area contributed by atoms with Crippen LogP contribution in [-0.4, -0.2) is 81.4 Å². The van der Waals surface area contributed by atoms with Crippen molar-refractivity contribution in [2.24, 2.45) is 11.5 Å². The first kappa shape index (κ1) is 32.0. The lowest BCUT2D eigenvalue weighted by molar-refractivity contribution is -0.143. The van der Waals surface area contributed by atoms with Crippen LogP contribution in [0.3, 0.4) is 0 Å². The summed E-state index contributed by atoms with van der Waals surface area (Å²) < 4.78 is 0. The molecule has 3 amide bonds. The predicted octanol–water partition coefficient (Wildman–Crippen LogP) is -1.13. The summed E-state index contributed by atoms with van der Waals surface area (Å²) in [5, 5.41) is 44.9. The number of aliphatic carboxylic acids is 1. The molecule has 13 nitrogen and oxygen atoms in total. The fourth-order valence-electron chi connectivity index (χ4n) is 3.83. The predicted molar refractivity (Wildman–Crippen MR) is 145 cm³/mol. The Hall–Kier alpha value is -4.20. The second kappa shape index (κ2) is 16.0. The number of unbranched alkanes of at least 4 members (excludes halogenated alkanes) is 1. The minimum absolute atomic E-state index is 0.00803. The van der Waals surface area contributed by atoms with Gasteiger partial charge in [-0.15, -0.1) is 0 Å². The van der Waals surface area contributed by atoms with Gasteiger partial charge in [0.25, 0.3) is 0 Å². The van der Waals surface area contributed by atoms with Gasteiger partial charge in [0.2, 0.25) is 17.7 Å². The van der Waals surface area contributed by atoms with Crippen molar-refractivity contribution in [3.63, 3.8) is 0 Å². The highest BCUT2D eigenvalue weighted by atomic mass is 16.4. The van der Waals surface area contributed by atoms with E-state index in [1.807, 2.05) is 0 Å². The second-order valence-corrected chi connectivity index (χ2v) is 9.34. The SMILES string of the molecule is NCCCCC(NC(=O)C(N)Cc1ccc(O)cc1)C(=O)NC(Cc1ccc(O)cc1)C(=O)NC(CO)C(=O)O. The molecule has 0 aliphatic carbocycles. The maximum absolute atomic E-state index is 13.3. The van der Waals surface area contributed by atoms with Gasteiger partial charge in [-0.3, -0.25) is 14.4 Å². The van der Waals surface area contributed by atoms with E-state index in [0.29, 0.717) is 30.5 Å². The van der Waals surface area contributed by atoms with Crippen LogP contribution in [0.15, 0.2) is 48.5 Å². The quantitative estimate of drug-likeness (QED) is 0.112. The Balaban J connectivity index is 2.20. The van der Waals surface area contributed by atoms with Crippen LogP contribution in [0.1, 0.15) is 30.4 Å². The number of carboxylic acid groups (broad SMARTS) is 1. The maximum atomic E-state index is 13.3. The molecule has 0 aliphatic rings. The highest BCUT2D eigenvalue weighted by Gasteiger charge is 2.30. The smallest absolute Gasteiger partial charge is 0.328 e. The number of hydrogen-bond donors (Lipinski definition) is 9. The van der Waals surface area contributed by atoms with Crippen LogP contribution in [0.5, 0.6) is 11.5 Å². The molecule has 0 heterocycles. The first-order valence-corrected chi connectivity index (χ1v) is 12.8. The molecule has 0 fully saturated rings. The van der Waals surface area contributed by atoms with Crippen molar-refractivity contribution in [3.8, 4) is 11.5 Å². The van der Waals surface area contributed by atoms with E-state index in [2.05, 4.69) is 16.0 Å². The number of rotatable bonds is 16. The number of phenolic OH excluding ortho intramolecular Hbond substituents is 2. The molecule has 0 radical (unpaired) electrons. The number of benzene rings is 2. The molecule has 0 saturated heterocycles. The number of aliphatic hydroxyl groups is 1. The minimum Gasteiger partial charge on any atom is -0.508 e. The van der Waals surface area contributed by atoms with Crippen LogP contribution in [0.2, 0.25) is 0 Å². The first-order chi connectivity index (χ1) is 19.0. The van der Waals surface area contributed by atoms with Crippen LogP contribution >= 0.6 is 0 Å². The summed E-state index contributed by atoms with van der Waals surface area (Å²) in [6, 6.07) is 7.08. The molecule has 11 N–H and O–H groups in total. The van der Waals surface area contributed by atoms with E-state index < -0.39 is 54.5 Å². The minimum atomic E-state index is -1.59. The van der Waals surface area contributed by atoms with Gasteiger partial charge in [-0.2, -0.15) is 0 Å². The number of carbonyl (C=O) groups is 4. The van der Waals surface area contributed by atoms with Crippen molar-refractivity contribution >= 4 is 23.7 Å². The van der Waals surface area contributed by atoms with Gasteiger partial charge in [0, 0.05) is 6.42 Å². The van der Waals surface area contributed by atoms with E-state index >= 15 is 0 Å². The zero-order valence-electron chi connectivity index (χ0n) is 22.0. The van der Waals surface area contributed by atoms with Gasteiger partial charge in [-0.05, 0) is 67.6 Å². The first-order valence-electron chi connectivity index (χ1n) is 12.8. The largest absolute Gasteiger partial charge is 0.508 e. The number of nitrogens with two attached hydrogens (primary N) is 2. The molecule has 0 bridgehead atoms. The average Bonchev–Trinajstić information content (AvgIpc) is 2.92. The lowest BCUT2D eigenvalue weighted by Crippen LogP contribution is -2.58. The van der Waals surface area contributed by atoms with E-state index in [4.69, 9.17) is 11.5 Å². The molecule has 0 aliphatic heterocycles. The molecule has 0 aromatic heterocycles. The van der Waals surface area contributed by atoms with Crippen LogP contribution in [0.25, 0.3) is 0 Å². The zero-order valence-corrected chi connectivity index (χ0v) is 22.0. The van der Waals surface area contributed by atoms with Crippen LogP contribution in [0, 0.1) is 0 Å². The van der Waals surface area contributed by atoms with Gasteiger partial charge < -0.3 is 47.8 Å². The van der Waals surface area contributed by atoms with Gasteiger partial charge >= 0.3 is 5.97 Å². The van der Waals surface area contributed by atoms with E-state index in [1.165, 1.54) is 36.4 Å². The normalized spacial score (nSPS) is 13.9. The fraction of sp³-hybridized carbons (Fsp3) is 0.407. The maximum Gasteiger partial charge on any atom is 0.328 e. The number of aliphatic hydroxyl groups excluding tert-OH is 1. The average molecular weight is 560 g/mol. The number of hydrogen-bond acceptors (Lipinski definition) is 9. The Morgan fingerprint density at radius 1 is 0.700 bits per heavy atom. The van der Waals surface area contributed by atoms with Crippen LogP contribution < -0.4 is 27.4 Å².